The Labute approximate surface area is 118 Å². The molecular weight excluding hydrogens is 271 g/mol. The third-order valence-corrected chi connectivity index (χ3v) is 3.34. The van der Waals surface area contributed by atoms with Crippen LogP contribution in [-0.2, 0) is 0 Å². The molecule has 0 fully saturated rings. The van der Waals surface area contributed by atoms with E-state index in [9.17, 15) is 4.79 Å². The number of nitrogens with zero attached hydrogens (tertiary/aromatic N) is 1. The minimum absolute atomic E-state index is 0.134. The predicted octanol–water partition coefficient (Wildman–Crippen LogP) is 3.69. The number of anilines is 1. The lowest BCUT2D eigenvalue weighted by molar-refractivity contribution is 0.0746. The van der Waals surface area contributed by atoms with Gasteiger partial charge >= 0.3 is 0 Å². The number of hydrogen-bond acceptors (Lipinski definition) is 2. The smallest absolute Gasteiger partial charge is 0.255 e. The number of carbonyl (C=O) groups excluding carboxylic acids is 1. The van der Waals surface area contributed by atoms with Crippen LogP contribution in [0.1, 0.15) is 31.1 Å². The first kappa shape index (κ1) is 15.1. The van der Waals surface area contributed by atoms with Crippen LogP contribution in [-0.4, -0.2) is 23.9 Å². The van der Waals surface area contributed by atoms with Gasteiger partial charge in [0.2, 0.25) is 0 Å². The summed E-state index contributed by atoms with van der Waals surface area (Å²) in [6.45, 7) is 7.35. The summed E-state index contributed by atoms with van der Waals surface area (Å²) in [4.78, 5) is 14.1. The van der Waals surface area contributed by atoms with Gasteiger partial charge in [0, 0.05) is 18.8 Å². The zero-order valence-corrected chi connectivity index (χ0v) is 12.3. The Kier molecular flexibility index (Phi) is 5.29. The molecule has 0 aliphatic carbocycles. The molecular formula is C13H18Cl2N2O. The van der Waals surface area contributed by atoms with Gasteiger partial charge in [-0.05, 0) is 25.0 Å². The maximum atomic E-state index is 12.4. The SMILES string of the molecule is CCN(CC(C)C)C(=O)c1cc(N)cc(Cl)c1Cl. The van der Waals surface area contributed by atoms with Crippen molar-refractivity contribution in [2.24, 2.45) is 5.92 Å². The summed E-state index contributed by atoms with van der Waals surface area (Å²) in [6, 6.07) is 3.11. The van der Waals surface area contributed by atoms with Gasteiger partial charge in [-0.3, -0.25) is 4.79 Å². The van der Waals surface area contributed by atoms with Crippen molar-refractivity contribution in [2.75, 3.05) is 18.8 Å². The largest absolute Gasteiger partial charge is 0.399 e. The van der Waals surface area contributed by atoms with E-state index in [0.29, 0.717) is 35.3 Å². The third kappa shape index (κ3) is 3.53. The van der Waals surface area contributed by atoms with Crippen LogP contribution in [0.2, 0.25) is 10.0 Å². The maximum absolute atomic E-state index is 12.4. The molecule has 0 saturated carbocycles. The van der Waals surface area contributed by atoms with E-state index in [1.807, 2.05) is 6.92 Å². The van der Waals surface area contributed by atoms with E-state index in [2.05, 4.69) is 13.8 Å². The summed E-state index contributed by atoms with van der Waals surface area (Å²) in [5, 5.41) is 0.568. The first-order valence-corrected chi connectivity index (χ1v) is 6.66. The highest BCUT2D eigenvalue weighted by Crippen LogP contribution is 2.29. The Morgan fingerprint density at radius 3 is 2.50 bits per heavy atom. The lowest BCUT2D eigenvalue weighted by Gasteiger charge is -2.23. The molecule has 0 aliphatic heterocycles. The van der Waals surface area contributed by atoms with E-state index in [1.165, 1.54) is 0 Å². The summed E-state index contributed by atoms with van der Waals surface area (Å²) < 4.78 is 0. The van der Waals surface area contributed by atoms with Gasteiger partial charge in [-0.1, -0.05) is 37.0 Å². The second-order valence-electron chi connectivity index (χ2n) is 4.60. The van der Waals surface area contributed by atoms with Gasteiger partial charge in [0.25, 0.3) is 5.91 Å². The molecule has 1 amide bonds. The van der Waals surface area contributed by atoms with Crippen molar-refractivity contribution in [2.45, 2.75) is 20.8 Å². The minimum atomic E-state index is -0.134. The van der Waals surface area contributed by atoms with E-state index in [1.54, 1.807) is 17.0 Å². The van der Waals surface area contributed by atoms with Gasteiger partial charge in [-0.15, -0.1) is 0 Å². The first-order valence-electron chi connectivity index (χ1n) is 5.90. The number of nitrogen functional groups attached to an aromatic ring is 1. The third-order valence-electron chi connectivity index (χ3n) is 2.54. The number of rotatable bonds is 4. The van der Waals surface area contributed by atoms with Crippen molar-refractivity contribution in [1.82, 2.24) is 4.90 Å². The standard InChI is InChI=1S/C13H18Cl2N2O/c1-4-17(7-8(2)3)13(18)10-5-9(16)6-11(14)12(10)15/h5-6,8H,4,7,16H2,1-3H3. The Balaban J connectivity index is 3.09. The van der Waals surface area contributed by atoms with Crippen LogP contribution in [0.15, 0.2) is 12.1 Å². The van der Waals surface area contributed by atoms with Gasteiger partial charge in [0.15, 0.2) is 0 Å². The second-order valence-corrected chi connectivity index (χ2v) is 5.39. The van der Waals surface area contributed by atoms with Crippen LogP contribution in [0.3, 0.4) is 0 Å². The van der Waals surface area contributed by atoms with Crippen LogP contribution >= 0.6 is 23.2 Å². The fourth-order valence-electron chi connectivity index (χ4n) is 1.73. The molecule has 1 aromatic rings. The summed E-state index contributed by atoms with van der Waals surface area (Å²) >= 11 is 12.0. The quantitative estimate of drug-likeness (QED) is 0.859. The van der Waals surface area contributed by atoms with Crippen LogP contribution < -0.4 is 5.73 Å². The highest BCUT2D eigenvalue weighted by molar-refractivity contribution is 6.44. The maximum Gasteiger partial charge on any atom is 0.255 e. The molecule has 1 aromatic carbocycles. The van der Waals surface area contributed by atoms with Crippen LogP contribution in [0, 0.1) is 5.92 Å². The minimum Gasteiger partial charge on any atom is -0.399 e. The first-order chi connectivity index (χ1) is 8.36. The van der Waals surface area contributed by atoms with Crippen molar-refractivity contribution in [3.05, 3.63) is 27.7 Å². The average Bonchev–Trinajstić information content (AvgIpc) is 2.29. The zero-order chi connectivity index (χ0) is 13.9. The van der Waals surface area contributed by atoms with E-state index in [0.717, 1.165) is 0 Å². The monoisotopic (exact) mass is 288 g/mol. The molecule has 0 radical (unpaired) electrons. The predicted molar refractivity (Wildman–Crippen MR) is 77.3 cm³/mol. The number of hydrogen-bond donors (Lipinski definition) is 1. The van der Waals surface area contributed by atoms with Crippen LogP contribution in [0.25, 0.3) is 0 Å². The summed E-state index contributed by atoms with van der Waals surface area (Å²) in [7, 11) is 0. The van der Waals surface area contributed by atoms with Crippen molar-refractivity contribution >= 4 is 34.8 Å². The van der Waals surface area contributed by atoms with Crippen molar-refractivity contribution in [1.29, 1.82) is 0 Å². The molecule has 2 N–H and O–H groups in total. The number of carbonyl (C=O) groups is 1. The fraction of sp³-hybridized carbons (Fsp3) is 0.462. The number of benzene rings is 1. The molecule has 0 unspecified atom stereocenters. The Morgan fingerprint density at radius 2 is 2.00 bits per heavy atom. The molecule has 0 atom stereocenters. The normalized spacial score (nSPS) is 10.8. The molecule has 0 heterocycles. The molecule has 3 nitrogen and oxygen atoms in total. The molecule has 0 aliphatic rings. The summed E-state index contributed by atoms with van der Waals surface area (Å²) in [5.74, 6) is 0.259. The molecule has 18 heavy (non-hydrogen) atoms. The van der Waals surface area contributed by atoms with Gasteiger partial charge in [-0.2, -0.15) is 0 Å². The van der Waals surface area contributed by atoms with Crippen molar-refractivity contribution < 1.29 is 4.79 Å². The highest BCUT2D eigenvalue weighted by atomic mass is 35.5. The van der Waals surface area contributed by atoms with Crippen LogP contribution in [0.5, 0.6) is 0 Å². The molecule has 0 saturated heterocycles. The number of halogens is 2. The summed E-state index contributed by atoms with van der Waals surface area (Å²) in [6.07, 6.45) is 0. The van der Waals surface area contributed by atoms with Gasteiger partial charge < -0.3 is 10.6 Å². The summed E-state index contributed by atoms with van der Waals surface area (Å²) in [5.41, 5.74) is 6.50. The van der Waals surface area contributed by atoms with E-state index in [-0.39, 0.29) is 10.9 Å². The molecule has 100 valence electrons. The van der Waals surface area contributed by atoms with E-state index in [4.69, 9.17) is 28.9 Å². The number of nitrogens with two attached hydrogens (primary N) is 1. The van der Waals surface area contributed by atoms with Gasteiger partial charge in [0.05, 0.1) is 15.6 Å². The molecule has 1 rings (SSSR count). The Hall–Kier alpha value is -0.930. The topological polar surface area (TPSA) is 46.3 Å². The second kappa shape index (κ2) is 6.30. The average molecular weight is 289 g/mol. The highest BCUT2D eigenvalue weighted by Gasteiger charge is 2.20. The van der Waals surface area contributed by atoms with Crippen LogP contribution in [0.4, 0.5) is 5.69 Å². The zero-order valence-electron chi connectivity index (χ0n) is 10.8. The van der Waals surface area contributed by atoms with Gasteiger partial charge in [-0.25, -0.2) is 0 Å². The molecule has 0 spiro atoms. The van der Waals surface area contributed by atoms with Gasteiger partial charge in [0.1, 0.15) is 0 Å². The lowest BCUT2D eigenvalue weighted by Crippen LogP contribution is -2.34. The van der Waals surface area contributed by atoms with Crippen molar-refractivity contribution in [3.8, 4) is 0 Å². The lowest BCUT2D eigenvalue weighted by atomic mass is 10.1. The number of amides is 1. The Bertz CT molecular complexity index is 447. The molecule has 5 heteroatoms. The van der Waals surface area contributed by atoms with E-state index >= 15 is 0 Å². The molecule has 0 bridgehead atoms. The van der Waals surface area contributed by atoms with E-state index < -0.39 is 0 Å². The molecule has 0 aromatic heterocycles. The van der Waals surface area contributed by atoms with Crippen molar-refractivity contribution in [3.63, 3.8) is 0 Å². The fourth-order valence-corrected chi connectivity index (χ4v) is 2.15. The Morgan fingerprint density at radius 1 is 1.39 bits per heavy atom.